The van der Waals surface area contributed by atoms with Crippen LogP contribution in [0.2, 0.25) is 0 Å². The van der Waals surface area contributed by atoms with E-state index in [-0.39, 0.29) is 6.10 Å². The van der Waals surface area contributed by atoms with Crippen molar-refractivity contribution < 1.29 is 14.6 Å². The van der Waals surface area contributed by atoms with Gasteiger partial charge in [0.15, 0.2) is 0 Å². The normalized spacial score (nSPS) is 10.1. The molecular weight excluding hydrogens is 194 g/mol. The van der Waals surface area contributed by atoms with Crippen molar-refractivity contribution in [3.05, 3.63) is 24.3 Å². The van der Waals surface area contributed by atoms with E-state index in [9.17, 15) is 4.79 Å². The zero-order chi connectivity index (χ0) is 11.4. The Kier molecular flexibility index (Phi) is 3.55. The second-order valence-electron chi connectivity index (χ2n) is 3.50. The van der Waals surface area contributed by atoms with E-state index in [0.29, 0.717) is 5.69 Å². The van der Waals surface area contributed by atoms with Crippen LogP contribution in [0.3, 0.4) is 0 Å². The number of hydrogen-bond acceptors (Lipinski definition) is 2. The van der Waals surface area contributed by atoms with Gasteiger partial charge in [-0.3, -0.25) is 4.90 Å². The number of rotatable bonds is 3. The van der Waals surface area contributed by atoms with Crippen LogP contribution in [0, 0.1) is 0 Å². The van der Waals surface area contributed by atoms with Crippen molar-refractivity contribution in [1.29, 1.82) is 0 Å². The summed E-state index contributed by atoms with van der Waals surface area (Å²) < 4.78 is 5.44. The van der Waals surface area contributed by atoms with Gasteiger partial charge in [0.25, 0.3) is 0 Å². The van der Waals surface area contributed by atoms with E-state index in [1.807, 2.05) is 13.8 Å². The third-order valence-corrected chi connectivity index (χ3v) is 1.88. The van der Waals surface area contributed by atoms with Gasteiger partial charge in [-0.15, -0.1) is 0 Å². The van der Waals surface area contributed by atoms with Gasteiger partial charge in [-0.2, -0.15) is 0 Å². The van der Waals surface area contributed by atoms with Crippen molar-refractivity contribution in [3.8, 4) is 5.75 Å². The van der Waals surface area contributed by atoms with Crippen LogP contribution >= 0.6 is 0 Å². The lowest BCUT2D eigenvalue weighted by atomic mass is 10.3. The van der Waals surface area contributed by atoms with Gasteiger partial charge in [0, 0.05) is 12.7 Å². The Morgan fingerprint density at radius 1 is 1.33 bits per heavy atom. The van der Waals surface area contributed by atoms with Crippen LogP contribution in [0.1, 0.15) is 13.8 Å². The monoisotopic (exact) mass is 209 g/mol. The summed E-state index contributed by atoms with van der Waals surface area (Å²) in [5.41, 5.74) is 0.624. The van der Waals surface area contributed by atoms with Crippen molar-refractivity contribution in [2.24, 2.45) is 0 Å². The predicted molar refractivity (Wildman–Crippen MR) is 58.6 cm³/mol. The average Bonchev–Trinajstić information content (AvgIpc) is 2.17. The first-order valence-corrected chi connectivity index (χ1v) is 4.74. The minimum Gasteiger partial charge on any atom is -0.491 e. The Morgan fingerprint density at radius 3 is 2.27 bits per heavy atom. The summed E-state index contributed by atoms with van der Waals surface area (Å²) in [4.78, 5) is 11.8. The average molecular weight is 209 g/mol. The number of anilines is 1. The molecule has 0 radical (unpaired) electrons. The van der Waals surface area contributed by atoms with E-state index in [2.05, 4.69) is 0 Å². The molecule has 4 heteroatoms. The smallest absolute Gasteiger partial charge is 0.411 e. The van der Waals surface area contributed by atoms with Gasteiger partial charge >= 0.3 is 6.09 Å². The number of nitrogens with zero attached hydrogens (tertiary/aromatic N) is 1. The molecule has 0 aromatic heterocycles. The van der Waals surface area contributed by atoms with E-state index in [1.165, 1.54) is 7.05 Å². The number of carbonyl (C=O) groups is 1. The first-order valence-electron chi connectivity index (χ1n) is 4.74. The van der Waals surface area contributed by atoms with E-state index in [0.717, 1.165) is 10.6 Å². The molecule has 1 rings (SSSR count). The molecular formula is C11H15NO3. The molecule has 1 amide bonds. The summed E-state index contributed by atoms with van der Waals surface area (Å²) >= 11 is 0. The third-order valence-electron chi connectivity index (χ3n) is 1.88. The zero-order valence-corrected chi connectivity index (χ0v) is 9.10. The first-order chi connectivity index (χ1) is 7.00. The second-order valence-corrected chi connectivity index (χ2v) is 3.50. The molecule has 0 saturated carbocycles. The zero-order valence-electron chi connectivity index (χ0n) is 9.10. The van der Waals surface area contributed by atoms with Crippen LogP contribution in [0.25, 0.3) is 0 Å². The molecule has 0 aliphatic heterocycles. The molecule has 0 bridgehead atoms. The molecule has 15 heavy (non-hydrogen) atoms. The van der Waals surface area contributed by atoms with Crippen molar-refractivity contribution in [2.45, 2.75) is 20.0 Å². The van der Waals surface area contributed by atoms with Crippen LogP contribution in [0.4, 0.5) is 10.5 Å². The Balaban J connectivity index is 2.76. The maximum absolute atomic E-state index is 10.7. The number of benzene rings is 1. The van der Waals surface area contributed by atoms with Crippen LogP contribution in [0.15, 0.2) is 24.3 Å². The van der Waals surface area contributed by atoms with E-state index in [1.54, 1.807) is 24.3 Å². The van der Waals surface area contributed by atoms with Gasteiger partial charge in [0.05, 0.1) is 6.10 Å². The Morgan fingerprint density at radius 2 is 1.87 bits per heavy atom. The Bertz CT molecular complexity index is 332. The lowest BCUT2D eigenvalue weighted by Gasteiger charge is -2.14. The van der Waals surface area contributed by atoms with Gasteiger partial charge in [0.2, 0.25) is 0 Å². The minimum absolute atomic E-state index is 0.119. The molecule has 0 heterocycles. The number of hydrogen-bond donors (Lipinski definition) is 1. The van der Waals surface area contributed by atoms with Crippen molar-refractivity contribution >= 4 is 11.8 Å². The highest BCUT2D eigenvalue weighted by atomic mass is 16.5. The molecule has 1 aromatic rings. The fourth-order valence-corrected chi connectivity index (χ4v) is 1.13. The standard InChI is InChI=1S/C11H15NO3/c1-8(2)15-10-6-4-9(5-7-10)12(3)11(13)14/h4-8H,1-3H3,(H,13,14). The van der Waals surface area contributed by atoms with Gasteiger partial charge in [-0.1, -0.05) is 0 Å². The topological polar surface area (TPSA) is 49.8 Å². The minimum atomic E-state index is -0.979. The molecule has 0 atom stereocenters. The van der Waals surface area contributed by atoms with Gasteiger partial charge in [-0.25, -0.2) is 4.79 Å². The summed E-state index contributed by atoms with van der Waals surface area (Å²) in [6.45, 7) is 3.88. The summed E-state index contributed by atoms with van der Waals surface area (Å²) in [5.74, 6) is 0.743. The highest BCUT2D eigenvalue weighted by Crippen LogP contribution is 2.19. The van der Waals surface area contributed by atoms with Crippen LogP contribution in [-0.4, -0.2) is 24.4 Å². The van der Waals surface area contributed by atoms with Gasteiger partial charge in [-0.05, 0) is 38.1 Å². The molecule has 0 saturated heterocycles. The third kappa shape index (κ3) is 3.16. The van der Waals surface area contributed by atoms with E-state index >= 15 is 0 Å². The molecule has 1 aromatic carbocycles. The lowest BCUT2D eigenvalue weighted by molar-refractivity contribution is 0.203. The van der Waals surface area contributed by atoms with Crippen LogP contribution in [0.5, 0.6) is 5.75 Å². The fourth-order valence-electron chi connectivity index (χ4n) is 1.13. The molecule has 0 unspecified atom stereocenters. The highest BCUT2D eigenvalue weighted by molar-refractivity contribution is 5.85. The van der Waals surface area contributed by atoms with Gasteiger partial charge < -0.3 is 9.84 Å². The Hall–Kier alpha value is -1.71. The molecule has 0 fully saturated rings. The number of carboxylic acid groups (broad SMARTS) is 1. The molecule has 0 spiro atoms. The molecule has 1 N–H and O–H groups in total. The largest absolute Gasteiger partial charge is 0.491 e. The summed E-state index contributed by atoms with van der Waals surface area (Å²) in [6, 6.07) is 6.95. The lowest BCUT2D eigenvalue weighted by Crippen LogP contribution is -2.23. The summed E-state index contributed by atoms with van der Waals surface area (Å²) in [5, 5.41) is 8.74. The molecule has 0 aliphatic carbocycles. The second kappa shape index (κ2) is 4.68. The highest BCUT2D eigenvalue weighted by Gasteiger charge is 2.07. The summed E-state index contributed by atoms with van der Waals surface area (Å²) in [6.07, 6.45) is -0.861. The molecule has 0 aliphatic rings. The predicted octanol–water partition coefficient (Wildman–Crippen LogP) is 2.59. The molecule has 4 nitrogen and oxygen atoms in total. The summed E-state index contributed by atoms with van der Waals surface area (Å²) in [7, 11) is 1.50. The SMILES string of the molecule is CC(C)Oc1ccc(N(C)C(=O)O)cc1. The van der Waals surface area contributed by atoms with Crippen LogP contribution in [-0.2, 0) is 0 Å². The van der Waals surface area contributed by atoms with Crippen LogP contribution < -0.4 is 9.64 Å². The first kappa shape index (κ1) is 11.4. The molecule has 82 valence electrons. The van der Waals surface area contributed by atoms with E-state index in [4.69, 9.17) is 9.84 Å². The maximum Gasteiger partial charge on any atom is 0.411 e. The van der Waals surface area contributed by atoms with Gasteiger partial charge in [0.1, 0.15) is 5.75 Å². The van der Waals surface area contributed by atoms with Crippen molar-refractivity contribution in [1.82, 2.24) is 0 Å². The van der Waals surface area contributed by atoms with Crippen molar-refractivity contribution in [3.63, 3.8) is 0 Å². The van der Waals surface area contributed by atoms with Crippen molar-refractivity contribution in [2.75, 3.05) is 11.9 Å². The Labute approximate surface area is 89.1 Å². The number of ether oxygens (including phenoxy) is 1. The van der Waals surface area contributed by atoms with E-state index < -0.39 is 6.09 Å². The fraction of sp³-hybridized carbons (Fsp3) is 0.364. The quantitative estimate of drug-likeness (QED) is 0.832. The number of amides is 1. The maximum atomic E-state index is 10.7.